The Morgan fingerprint density at radius 1 is 0.774 bits per heavy atom. The van der Waals surface area contributed by atoms with E-state index in [1.165, 1.54) is 27.9 Å². The summed E-state index contributed by atoms with van der Waals surface area (Å²) in [6.07, 6.45) is 0. The van der Waals surface area contributed by atoms with Crippen LogP contribution in [-0.4, -0.2) is 48.1 Å². The number of hydrogen-bond acceptors (Lipinski definition) is 5. The summed E-state index contributed by atoms with van der Waals surface area (Å²) >= 11 is 0. The van der Waals surface area contributed by atoms with Crippen molar-refractivity contribution in [3.05, 3.63) is 64.5 Å². The average Bonchev–Trinajstić information content (AvgIpc) is 2.68. The van der Waals surface area contributed by atoms with Crippen LogP contribution in [0.4, 0.5) is 5.69 Å². The molecule has 0 N–H and O–H groups in total. The molecule has 0 atom stereocenters. The second kappa shape index (κ2) is 8.67. The lowest BCUT2D eigenvalue weighted by Crippen LogP contribution is -2.45. The van der Waals surface area contributed by atoms with Crippen LogP contribution in [0.5, 0.6) is 11.6 Å². The topological polar surface area (TPSA) is 41.5 Å². The lowest BCUT2D eigenvalue weighted by molar-refractivity contribution is 0.312. The summed E-state index contributed by atoms with van der Waals surface area (Å²) in [5.74, 6) is 2.10. The summed E-state index contributed by atoms with van der Waals surface area (Å²) in [5, 5.41) is 0. The molecule has 0 bridgehead atoms. The standard InChI is InChI=1S/C26H32N4O/c1-17-8-7-9-18(2)25(17)23-16-24(28-21(5)27-23)31-22-14-19(3)26(20(4)15-22)30-12-10-29(6)11-13-30/h7-9,14-16H,10-13H2,1-6H3. The summed E-state index contributed by atoms with van der Waals surface area (Å²) in [5.41, 5.74) is 8.26. The van der Waals surface area contributed by atoms with Crippen LogP contribution in [0.15, 0.2) is 36.4 Å². The number of ether oxygens (including phenoxy) is 1. The highest BCUT2D eigenvalue weighted by molar-refractivity contribution is 5.68. The van der Waals surface area contributed by atoms with E-state index in [0.29, 0.717) is 11.7 Å². The Morgan fingerprint density at radius 2 is 1.39 bits per heavy atom. The van der Waals surface area contributed by atoms with E-state index in [1.54, 1.807) is 0 Å². The molecule has 0 saturated carbocycles. The molecule has 162 valence electrons. The number of aryl methyl sites for hydroxylation is 5. The van der Waals surface area contributed by atoms with Gasteiger partial charge in [0, 0.05) is 43.5 Å². The molecule has 1 aliphatic rings. The Morgan fingerprint density at radius 3 is 2.00 bits per heavy atom. The first-order valence-corrected chi connectivity index (χ1v) is 11.0. The van der Waals surface area contributed by atoms with Crippen molar-refractivity contribution in [2.45, 2.75) is 34.6 Å². The number of hydrogen-bond donors (Lipinski definition) is 0. The lowest BCUT2D eigenvalue weighted by atomic mass is 10.00. The van der Waals surface area contributed by atoms with Crippen LogP contribution in [0.2, 0.25) is 0 Å². The molecular weight excluding hydrogens is 384 g/mol. The molecule has 1 aliphatic heterocycles. The van der Waals surface area contributed by atoms with Gasteiger partial charge in [0.25, 0.3) is 0 Å². The van der Waals surface area contributed by atoms with Crippen molar-refractivity contribution in [2.24, 2.45) is 0 Å². The summed E-state index contributed by atoms with van der Waals surface area (Å²) in [7, 11) is 2.18. The van der Waals surface area contributed by atoms with Crippen LogP contribution < -0.4 is 9.64 Å². The molecule has 2 heterocycles. The van der Waals surface area contributed by atoms with Crippen LogP contribution in [-0.2, 0) is 0 Å². The first kappa shape index (κ1) is 21.3. The molecule has 31 heavy (non-hydrogen) atoms. The lowest BCUT2D eigenvalue weighted by Gasteiger charge is -2.36. The minimum absolute atomic E-state index is 0.580. The zero-order valence-corrected chi connectivity index (χ0v) is 19.5. The minimum atomic E-state index is 0.580. The molecule has 1 aromatic heterocycles. The molecule has 0 radical (unpaired) electrons. The van der Waals surface area contributed by atoms with Crippen LogP contribution >= 0.6 is 0 Å². The fourth-order valence-corrected chi connectivity index (χ4v) is 4.56. The molecule has 5 heteroatoms. The zero-order valence-electron chi connectivity index (χ0n) is 19.5. The molecule has 0 amide bonds. The molecule has 0 aliphatic carbocycles. The molecule has 2 aromatic carbocycles. The van der Waals surface area contributed by atoms with Crippen molar-refractivity contribution in [1.82, 2.24) is 14.9 Å². The third-order valence-corrected chi connectivity index (χ3v) is 6.06. The summed E-state index contributed by atoms with van der Waals surface area (Å²) in [4.78, 5) is 14.1. The maximum atomic E-state index is 6.24. The quantitative estimate of drug-likeness (QED) is 0.582. The molecule has 1 fully saturated rings. The van der Waals surface area contributed by atoms with Crippen molar-refractivity contribution in [3.8, 4) is 22.9 Å². The third kappa shape index (κ3) is 4.57. The summed E-state index contributed by atoms with van der Waals surface area (Å²) in [6, 6.07) is 12.5. The normalized spacial score (nSPS) is 14.7. The average molecular weight is 417 g/mol. The molecule has 0 unspecified atom stereocenters. The number of rotatable bonds is 4. The largest absolute Gasteiger partial charge is 0.439 e. The third-order valence-electron chi connectivity index (χ3n) is 6.06. The number of aromatic nitrogens is 2. The molecule has 5 nitrogen and oxygen atoms in total. The number of anilines is 1. The van der Waals surface area contributed by atoms with Gasteiger partial charge in [0.05, 0.1) is 5.69 Å². The highest BCUT2D eigenvalue weighted by atomic mass is 16.5. The van der Waals surface area contributed by atoms with Gasteiger partial charge in [-0.25, -0.2) is 4.98 Å². The van der Waals surface area contributed by atoms with Crippen LogP contribution in [0.1, 0.15) is 28.1 Å². The van der Waals surface area contributed by atoms with E-state index in [-0.39, 0.29) is 0 Å². The first-order valence-electron chi connectivity index (χ1n) is 11.0. The van der Waals surface area contributed by atoms with E-state index in [0.717, 1.165) is 43.2 Å². The van der Waals surface area contributed by atoms with Crippen molar-refractivity contribution in [2.75, 3.05) is 38.1 Å². The Kier molecular flexibility index (Phi) is 5.96. The maximum Gasteiger partial charge on any atom is 0.223 e. The SMILES string of the molecule is Cc1nc(Oc2cc(C)c(N3CCN(C)CC3)c(C)c2)cc(-c2c(C)cccc2C)n1. The van der Waals surface area contributed by atoms with Gasteiger partial charge in [-0.05, 0) is 76.1 Å². The van der Waals surface area contributed by atoms with E-state index in [2.05, 4.69) is 84.8 Å². The predicted molar refractivity (Wildman–Crippen MR) is 127 cm³/mol. The molecule has 3 aromatic rings. The van der Waals surface area contributed by atoms with E-state index in [4.69, 9.17) is 4.74 Å². The van der Waals surface area contributed by atoms with E-state index < -0.39 is 0 Å². The smallest absolute Gasteiger partial charge is 0.223 e. The van der Waals surface area contributed by atoms with Crippen molar-refractivity contribution in [1.29, 1.82) is 0 Å². The Hall–Kier alpha value is -2.92. The van der Waals surface area contributed by atoms with Crippen LogP contribution in [0.25, 0.3) is 11.3 Å². The van der Waals surface area contributed by atoms with Gasteiger partial charge in [-0.2, -0.15) is 4.98 Å². The van der Waals surface area contributed by atoms with Gasteiger partial charge in [-0.15, -0.1) is 0 Å². The Labute approximate surface area is 185 Å². The molecule has 4 rings (SSSR count). The van der Waals surface area contributed by atoms with Crippen molar-refractivity contribution < 1.29 is 4.74 Å². The fraction of sp³-hybridized carbons (Fsp3) is 0.385. The molecule has 1 saturated heterocycles. The second-order valence-corrected chi connectivity index (χ2v) is 8.70. The first-order chi connectivity index (χ1) is 14.8. The number of likely N-dealkylation sites (N-methyl/N-ethyl adjacent to an activating group) is 1. The minimum Gasteiger partial charge on any atom is -0.439 e. The fourth-order valence-electron chi connectivity index (χ4n) is 4.56. The van der Waals surface area contributed by atoms with Crippen LogP contribution in [0, 0.1) is 34.6 Å². The Balaban J connectivity index is 1.63. The van der Waals surface area contributed by atoms with Gasteiger partial charge in [0.2, 0.25) is 5.88 Å². The van der Waals surface area contributed by atoms with E-state index in [1.807, 2.05) is 13.0 Å². The monoisotopic (exact) mass is 416 g/mol. The van der Waals surface area contributed by atoms with E-state index >= 15 is 0 Å². The zero-order chi connectivity index (χ0) is 22.1. The van der Waals surface area contributed by atoms with Gasteiger partial charge in [0.15, 0.2) is 0 Å². The predicted octanol–water partition coefficient (Wildman–Crippen LogP) is 5.23. The number of benzene rings is 2. The summed E-state index contributed by atoms with van der Waals surface area (Å²) in [6.45, 7) is 14.8. The van der Waals surface area contributed by atoms with Crippen molar-refractivity contribution >= 4 is 5.69 Å². The second-order valence-electron chi connectivity index (χ2n) is 8.70. The van der Waals surface area contributed by atoms with Gasteiger partial charge < -0.3 is 14.5 Å². The van der Waals surface area contributed by atoms with Gasteiger partial charge in [-0.1, -0.05) is 18.2 Å². The van der Waals surface area contributed by atoms with Crippen molar-refractivity contribution in [3.63, 3.8) is 0 Å². The van der Waals surface area contributed by atoms with Gasteiger partial charge in [0.1, 0.15) is 11.6 Å². The highest BCUT2D eigenvalue weighted by Gasteiger charge is 2.19. The van der Waals surface area contributed by atoms with E-state index in [9.17, 15) is 0 Å². The number of nitrogens with zero attached hydrogens (tertiary/aromatic N) is 4. The van der Waals surface area contributed by atoms with Gasteiger partial charge >= 0.3 is 0 Å². The molecular formula is C26H32N4O. The van der Waals surface area contributed by atoms with Gasteiger partial charge in [-0.3, -0.25) is 0 Å². The number of piperazine rings is 1. The summed E-state index contributed by atoms with van der Waals surface area (Å²) < 4.78 is 6.24. The highest BCUT2D eigenvalue weighted by Crippen LogP contribution is 2.33. The Bertz CT molecular complexity index is 1060. The van der Waals surface area contributed by atoms with Crippen LogP contribution in [0.3, 0.4) is 0 Å². The maximum absolute atomic E-state index is 6.24. The molecule has 0 spiro atoms.